The van der Waals surface area contributed by atoms with Gasteiger partial charge in [-0.25, -0.2) is 9.78 Å². The summed E-state index contributed by atoms with van der Waals surface area (Å²) in [5.74, 6) is 0.597. The number of rotatable bonds is 5. The molecule has 0 saturated heterocycles. The van der Waals surface area contributed by atoms with Gasteiger partial charge < -0.3 is 29.2 Å². The summed E-state index contributed by atoms with van der Waals surface area (Å²) in [7, 11) is 0. The third-order valence-electron chi connectivity index (χ3n) is 6.60. The normalized spacial score (nSPS) is 17.6. The monoisotopic (exact) mass is 449 g/mol. The third-order valence-corrected chi connectivity index (χ3v) is 6.60. The Labute approximate surface area is 188 Å². The number of hydrogen-bond donors (Lipinski definition) is 2. The number of fused-ring (bicyclic) bond motifs is 6. The zero-order chi connectivity index (χ0) is 22.7. The maximum atomic E-state index is 13.3. The van der Waals surface area contributed by atoms with Crippen LogP contribution in [0.3, 0.4) is 0 Å². The van der Waals surface area contributed by atoms with Crippen molar-refractivity contribution in [2.45, 2.75) is 39.0 Å². The Morgan fingerprint density at radius 1 is 1.15 bits per heavy atom. The number of hydrogen-bond acceptors (Lipinski definition) is 8. The first-order valence-electron chi connectivity index (χ1n) is 11.1. The molecule has 0 fully saturated rings. The molecular formula is C24H23N3O6. The summed E-state index contributed by atoms with van der Waals surface area (Å²) in [5, 5.41) is 14.7. The summed E-state index contributed by atoms with van der Waals surface area (Å²) in [4.78, 5) is 30.1. The van der Waals surface area contributed by atoms with E-state index in [1.165, 1.54) is 0 Å². The van der Waals surface area contributed by atoms with Gasteiger partial charge in [-0.15, -0.1) is 0 Å². The number of esters is 1. The minimum Gasteiger partial charge on any atom is -0.458 e. The summed E-state index contributed by atoms with van der Waals surface area (Å²) in [6, 6.07) is 5.56. The molecule has 5 heterocycles. The quantitative estimate of drug-likeness (QED) is 0.350. The highest BCUT2D eigenvalue weighted by Gasteiger charge is 2.35. The molecule has 3 aromatic rings. The van der Waals surface area contributed by atoms with Crippen molar-refractivity contribution < 1.29 is 24.1 Å². The first-order valence-corrected chi connectivity index (χ1v) is 11.1. The number of carbonyl (C=O) groups is 1. The Bertz CT molecular complexity index is 1380. The minimum absolute atomic E-state index is 0.132. The fraction of sp³-hybridized carbons (Fsp3) is 0.375. The molecule has 0 amide bonds. The molecule has 2 aromatic heterocycles. The number of aliphatic hydroxyl groups is 1. The van der Waals surface area contributed by atoms with E-state index in [9.17, 15) is 14.7 Å². The molecule has 9 heteroatoms. The van der Waals surface area contributed by atoms with Crippen molar-refractivity contribution in [2.24, 2.45) is 0 Å². The third kappa shape index (κ3) is 3.03. The number of cyclic esters (lactones) is 1. The van der Waals surface area contributed by atoms with E-state index < -0.39 is 12.1 Å². The molecule has 0 aliphatic carbocycles. The van der Waals surface area contributed by atoms with Gasteiger partial charge in [0.2, 0.25) is 6.79 Å². The van der Waals surface area contributed by atoms with E-state index in [1.807, 2.05) is 12.1 Å². The van der Waals surface area contributed by atoms with Crippen LogP contribution in [-0.4, -0.2) is 40.5 Å². The smallest absolute Gasteiger partial charge is 0.340 e. The van der Waals surface area contributed by atoms with Gasteiger partial charge in [0.1, 0.15) is 6.61 Å². The molecule has 1 aromatic carbocycles. The highest BCUT2D eigenvalue weighted by molar-refractivity contribution is 5.91. The van der Waals surface area contributed by atoms with Gasteiger partial charge >= 0.3 is 5.97 Å². The fourth-order valence-corrected chi connectivity index (χ4v) is 4.95. The maximum Gasteiger partial charge on any atom is 0.340 e. The molecule has 3 aliphatic heterocycles. The van der Waals surface area contributed by atoms with Crippen molar-refractivity contribution in [3.8, 4) is 22.9 Å². The van der Waals surface area contributed by atoms with Crippen LogP contribution in [0.5, 0.6) is 11.5 Å². The van der Waals surface area contributed by atoms with Crippen LogP contribution in [0.15, 0.2) is 23.0 Å². The molecule has 0 unspecified atom stereocenters. The largest absolute Gasteiger partial charge is 0.458 e. The molecule has 170 valence electrons. The Morgan fingerprint density at radius 2 is 1.97 bits per heavy atom. The average molecular weight is 449 g/mol. The second-order valence-electron chi connectivity index (χ2n) is 8.46. The van der Waals surface area contributed by atoms with Gasteiger partial charge in [-0.2, -0.15) is 0 Å². The van der Waals surface area contributed by atoms with Crippen molar-refractivity contribution in [3.05, 3.63) is 50.8 Å². The maximum absolute atomic E-state index is 13.3. The Kier molecular flexibility index (Phi) is 4.63. The van der Waals surface area contributed by atoms with Crippen molar-refractivity contribution in [2.75, 3.05) is 19.9 Å². The predicted octanol–water partition coefficient (Wildman–Crippen LogP) is 1.79. The van der Waals surface area contributed by atoms with Gasteiger partial charge in [-0.1, -0.05) is 6.92 Å². The lowest BCUT2D eigenvalue weighted by Crippen LogP contribution is -2.32. The van der Waals surface area contributed by atoms with Gasteiger partial charge in [0.05, 0.1) is 29.0 Å². The SMILES string of the molecule is CCNCCCc1c2c(nc3cc4c(cc13)OCO4)-c1cc3c(c(=O)n1C2)COC(=O)[C@H]3O. The lowest BCUT2D eigenvalue weighted by Gasteiger charge is -2.21. The molecule has 6 rings (SSSR count). The van der Waals surface area contributed by atoms with Crippen LogP contribution in [0.25, 0.3) is 22.3 Å². The second-order valence-corrected chi connectivity index (χ2v) is 8.46. The highest BCUT2D eigenvalue weighted by Crippen LogP contribution is 2.42. The molecular weight excluding hydrogens is 426 g/mol. The number of aromatic nitrogens is 2. The number of pyridine rings is 2. The molecule has 9 nitrogen and oxygen atoms in total. The zero-order valence-electron chi connectivity index (χ0n) is 18.1. The molecule has 1 atom stereocenters. The fourth-order valence-electron chi connectivity index (χ4n) is 4.95. The molecule has 2 N–H and O–H groups in total. The van der Waals surface area contributed by atoms with Gasteiger partial charge in [0.25, 0.3) is 5.56 Å². The summed E-state index contributed by atoms with van der Waals surface area (Å²) in [5.41, 5.74) is 4.54. The van der Waals surface area contributed by atoms with E-state index >= 15 is 0 Å². The van der Waals surface area contributed by atoms with Crippen molar-refractivity contribution >= 4 is 16.9 Å². The first kappa shape index (κ1) is 20.2. The Hall–Kier alpha value is -3.43. The number of benzene rings is 1. The summed E-state index contributed by atoms with van der Waals surface area (Å²) in [6.45, 7) is 4.30. The molecule has 33 heavy (non-hydrogen) atoms. The highest BCUT2D eigenvalue weighted by atomic mass is 16.7. The standard InChI is InChI=1S/C24H23N3O6/c1-2-25-5-3-4-12-13-7-19-20(33-11-32-19)8-17(13)26-21-15(12)9-27-18(21)6-14-16(23(27)29)10-31-24(30)22(14)28/h6-8,22,25,28H,2-5,9-11H2,1H3/t22-/m0/s1. The topological polar surface area (TPSA) is 112 Å². The molecule has 0 saturated carbocycles. The van der Waals surface area contributed by atoms with Crippen LogP contribution >= 0.6 is 0 Å². The Balaban J connectivity index is 1.55. The average Bonchev–Trinajstić information content (AvgIpc) is 3.42. The van der Waals surface area contributed by atoms with Crippen LogP contribution < -0.4 is 20.3 Å². The number of carbonyl (C=O) groups excluding carboxylic acids is 1. The van der Waals surface area contributed by atoms with Crippen LogP contribution in [0, 0.1) is 0 Å². The minimum atomic E-state index is -1.47. The number of nitrogens with one attached hydrogen (secondary N) is 1. The van der Waals surface area contributed by atoms with Crippen molar-refractivity contribution in [1.82, 2.24) is 14.9 Å². The van der Waals surface area contributed by atoms with Gasteiger partial charge in [0, 0.05) is 22.6 Å². The number of aliphatic hydroxyl groups excluding tert-OH is 1. The van der Waals surface area contributed by atoms with E-state index in [1.54, 1.807) is 10.6 Å². The van der Waals surface area contributed by atoms with E-state index in [-0.39, 0.29) is 19.0 Å². The first-order chi connectivity index (χ1) is 16.1. The van der Waals surface area contributed by atoms with Gasteiger partial charge in [-0.3, -0.25) is 4.79 Å². The van der Waals surface area contributed by atoms with E-state index in [0.29, 0.717) is 40.6 Å². The van der Waals surface area contributed by atoms with E-state index in [4.69, 9.17) is 19.2 Å². The van der Waals surface area contributed by atoms with E-state index in [0.717, 1.165) is 48.0 Å². The van der Waals surface area contributed by atoms with Gasteiger partial charge in [0.15, 0.2) is 17.6 Å². The molecule has 0 bridgehead atoms. The van der Waals surface area contributed by atoms with Gasteiger partial charge in [-0.05, 0) is 43.6 Å². The number of ether oxygens (including phenoxy) is 3. The lowest BCUT2D eigenvalue weighted by molar-refractivity contribution is -0.157. The summed E-state index contributed by atoms with van der Waals surface area (Å²) >= 11 is 0. The van der Waals surface area contributed by atoms with Crippen LogP contribution in [-0.2, 0) is 29.1 Å². The van der Waals surface area contributed by atoms with Crippen LogP contribution in [0.2, 0.25) is 0 Å². The summed E-state index contributed by atoms with van der Waals surface area (Å²) < 4.78 is 17.8. The number of aryl methyl sites for hydroxylation is 1. The van der Waals surface area contributed by atoms with Crippen molar-refractivity contribution in [1.29, 1.82) is 0 Å². The van der Waals surface area contributed by atoms with Crippen molar-refractivity contribution in [3.63, 3.8) is 0 Å². The van der Waals surface area contributed by atoms with Crippen LogP contribution in [0.4, 0.5) is 0 Å². The number of nitrogens with zero attached hydrogens (tertiary/aromatic N) is 2. The van der Waals surface area contributed by atoms with E-state index in [2.05, 4.69) is 12.2 Å². The summed E-state index contributed by atoms with van der Waals surface area (Å²) in [6.07, 6.45) is 0.266. The Morgan fingerprint density at radius 3 is 2.79 bits per heavy atom. The van der Waals surface area contributed by atoms with Crippen LogP contribution in [0.1, 0.15) is 41.7 Å². The molecule has 3 aliphatic rings. The molecule has 0 spiro atoms. The lowest BCUT2D eigenvalue weighted by atomic mass is 9.95. The zero-order valence-corrected chi connectivity index (χ0v) is 18.1. The predicted molar refractivity (Wildman–Crippen MR) is 118 cm³/mol. The molecule has 0 radical (unpaired) electrons. The second kappa shape index (κ2) is 7.57.